The van der Waals surface area contributed by atoms with Gasteiger partial charge in [-0.25, -0.2) is 0 Å². The van der Waals surface area contributed by atoms with Crippen LogP contribution in [0.25, 0.3) is 0 Å². The van der Waals surface area contributed by atoms with Gasteiger partial charge in [0.25, 0.3) is 10.1 Å². The fourth-order valence-corrected chi connectivity index (χ4v) is 5.15. The Hall–Kier alpha value is -0.130. The largest absolute Gasteiger partial charge is 0.387 e. The average molecular weight is 318 g/mol. The molecule has 0 radical (unpaired) electrons. The molecule has 1 atom stereocenters. The zero-order valence-corrected chi connectivity index (χ0v) is 14.2. The van der Waals surface area contributed by atoms with E-state index in [4.69, 9.17) is 4.18 Å². The van der Waals surface area contributed by atoms with Crippen molar-refractivity contribution in [1.29, 1.82) is 0 Å². The van der Waals surface area contributed by atoms with Crippen LogP contribution >= 0.6 is 0 Å². The SMILES string of the molecule is C[C@H](OS(C)(=O)=O)C(O)(C1CCCCC1)C1CCCCC1. The van der Waals surface area contributed by atoms with Gasteiger partial charge in [0.1, 0.15) is 6.10 Å². The summed E-state index contributed by atoms with van der Waals surface area (Å²) in [4.78, 5) is 0. The summed E-state index contributed by atoms with van der Waals surface area (Å²) in [7, 11) is -3.54. The van der Waals surface area contributed by atoms with Gasteiger partial charge in [-0.3, -0.25) is 4.18 Å². The Morgan fingerprint density at radius 1 is 0.952 bits per heavy atom. The second-order valence-corrected chi connectivity index (χ2v) is 8.60. The van der Waals surface area contributed by atoms with Crippen LogP contribution < -0.4 is 0 Å². The van der Waals surface area contributed by atoms with Crippen LogP contribution in [0.5, 0.6) is 0 Å². The van der Waals surface area contributed by atoms with Gasteiger partial charge in [0.15, 0.2) is 0 Å². The molecule has 124 valence electrons. The lowest BCUT2D eigenvalue weighted by Crippen LogP contribution is -2.55. The summed E-state index contributed by atoms with van der Waals surface area (Å²) in [6.45, 7) is 1.74. The molecule has 0 aromatic carbocycles. The molecule has 2 fully saturated rings. The van der Waals surface area contributed by atoms with E-state index >= 15 is 0 Å². The minimum Gasteiger partial charge on any atom is -0.387 e. The molecule has 0 spiro atoms. The van der Waals surface area contributed by atoms with E-state index < -0.39 is 21.8 Å². The number of aliphatic hydroxyl groups is 1. The molecule has 21 heavy (non-hydrogen) atoms. The second kappa shape index (κ2) is 6.97. The van der Waals surface area contributed by atoms with Crippen molar-refractivity contribution in [3.05, 3.63) is 0 Å². The van der Waals surface area contributed by atoms with Gasteiger partial charge in [-0.05, 0) is 44.4 Å². The van der Waals surface area contributed by atoms with Gasteiger partial charge in [-0.1, -0.05) is 38.5 Å². The smallest absolute Gasteiger partial charge is 0.264 e. The molecule has 0 aliphatic heterocycles. The normalized spacial score (nSPS) is 24.9. The maximum Gasteiger partial charge on any atom is 0.264 e. The molecule has 0 unspecified atom stereocenters. The fourth-order valence-electron chi connectivity index (χ4n) is 4.47. The highest BCUT2D eigenvalue weighted by Gasteiger charge is 2.49. The Balaban J connectivity index is 2.22. The number of hydrogen-bond acceptors (Lipinski definition) is 4. The lowest BCUT2D eigenvalue weighted by atomic mass is 9.64. The summed E-state index contributed by atoms with van der Waals surface area (Å²) in [5.74, 6) is 0.345. The van der Waals surface area contributed by atoms with Crippen LogP contribution in [-0.2, 0) is 14.3 Å². The van der Waals surface area contributed by atoms with E-state index in [2.05, 4.69) is 0 Å². The quantitative estimate of drug-likeness (QED) is 0.790. The molecule has 2 aliphatic carbocycles. The maximum atomic E-state index is 11.5. The predicted octanol–water partition coefficient (Wildman–Crippen LogP) is 3.24. The first-order chi connectivity index (χ1) is 9.84. The number of hydrogen-bond donors (Lipinski definition) is 1. The molecule has 0 bridgehead atoms. The zero-order chi connectivity index (χ0) is 15.5. The van der Waals surface area contributed by atoms with Crippen molar-refractivity contribution in [2.45, 2.75) is 82.8 Å². The molecule has 5 heteroatoms. The molecule has 1 N–H and O–H groups in total. The Morgan fingerprint density at radius 3 is 1.67 bits per heavy atom. The molecule has 0 saturated heterocycles. The van der Waals surface area contributed by atoms with Crippen molar-refractivity contribution in [3.63, 3.8) is 0 Å². The highest BCUT2D eigenvalue weighted by Crippen LogP contribution is 2.45. The van der Waals surface area contributed by atoms with Crippen LogP contribution in [0.1, 0.15) is 71.1 Å². The Morgan fingerprint density at radius 2 is 1.33 bits per heavy atom. The highest BCUT2D eigenvalue weighted by atomic mass is 32.2. The standard InChI is InChI=1S/C16H30O4S/c1-13(20-21(2,18)19)16(17,14-9-5-3-6-10-14)15-11-7-4-8-12-15/h13-15,17H,3-12H2,1-2H3/t13-/m0/s1. The molecular formula is C16H30O4S. The van der Waals surface area contributed by atoms with Crippen LogP contribution in [0.3, 0.4) is 0 Å². The lowest BCUT2D eigenvalue weighted by molar-refractivity contribution is -0.149. The zero-order valence-electron chi connectivity index (χ0n) is 13.4. The fraction of sp³-hybridized carbons (Fsp3) is 1.00. The van der Waals surface area contributed by atoms with Crippen molar-refractivity contribution in [2.75, 3.05) is 6.26 Å². The lowest BCUT2D eigenvalue weighted by Gasteiger charge is -2.48. The van der Waals surface area contributed by atoms with Crippen molar-refractivity contribution >= 4 is 10.1 Å². The van der Waals surface area contributed by atoms with E-state index in [9.17, 15) is 13.5 Å². The van der Waals surface area contributed by atoms with Gasteiger partial charge in [0.2, 0.25) is 0 Å². The Kier molecular flexibility index (Phi) is 5.71. The van der Waals surface area contributed by atoms with E-state index in [1.54, 1.807) is 6.92 Å². The summed E-state index contributed by atoms with van der Waals surface area (Å²) in [6.07, 6.45) is 11.3. The molecule has 4 nitrogen and oxygen atoms in total. The Bertz CT molecular complexity index is 402. The van der Waals surface area contributed by atoms with Crippen molar-refractivity contribution in [2.24, 2.45) is 11.8 Å². The van der Waals surface area contributed by atoms with Crippen LogP contribution in [0.4, 0.5) is 0 Å². The van der Waals surface area contributed by atoms with E-state index in [1.807, 2.05) is 0 Å². The van der Waals surface area contributed by atoms with Crippen molar-refractivity contribution in [1.82, 2.24) is 0 Å². The summed E-state index contributed by atoms with van der Waals surface area (Å²) in [6, 6.07) is 0. The highest BCUT2D eigenvalue weighted by molar-refractivity contribution is 7.86. The molecule has 0 aromatic heterocycles. The summed E-state index contributed by atoms with van der Waals surface area (Å²) >= 11 is 0. The predicted molar refractivity (Wildman–Crippen MR) is 83.5 cm³/mol. The van der Waals surface area contributed by atoms with Crippen LogP contribution in [0.15, 0.2) is 0 Å². The topological polar surface area (TPSA) is 63.6 Å². The third kappa shape index (κ3) is 4.20. The van der Waals surface area contributed by atoms with Crippen molar-refractivity contribution < 1.29 is 17.7 Å². The van der Waals surface area contributed by atoms with E-state index in [-0.39, 0.29) is 11.8 Å². The van der Waals surface area contributed by atoms with Gasteiger partial charge in [0, 0.05) is 0 Å². The monoisotopic (exact) mass is 318 g/mol. The molecule has 2 saturated carbocycles. The molecule has 2 aliphatic rings. The molecule has 0 amide bonds. The summed E-state index contributed by atoms with van der Waals surface area (Å²) in [5, 5.41) is 11.5. The molecule has 0 aromatic rings. The average Bonchev–Trinajstić information content (AvgIpc) is 2.46. The van der Waals surface area contributed by atoms with Crippen molar-refractivity contribution in [3.8, 4) is 0 Å². The minimum absolute atomic E-state index is 0.172. The summed E-state index contributed by atoms with van der Waals surface area (Å²) < 4.78 is 28.3. The summed E-state index contributed by atoms with van der Waals surface area (Å²) in [5.41, 5.74) is -0.996. The van der Waals surface area contributed by atoms with E-state index in [0.29, 0.717) is 0 Å². The first kappa shape index (κ1) is 17.2. The molecule has 2 rings (SSSR count). The van der Waals surface area contributed by atoms with Crippen LogP contribution in [0, 0.1) is 11.8 Å². The van der Waals surface area contributed by atoms with Gasteiger partial charge in [0.05, 0.1) is 11.9 Å². The number of rotatable bonds is 5. The molecular weight excluding hydrogens is 288 g/mol. The van der Waals surface area contributed by atoms with Crippen LogP contribution in [-0.4, -0.2) is 31.5 Å². The first-order valence-electron chi connectivity index (χ1n) is 8.44. The van der Waals surface area contributed by atoms with Gasteiger partial charge >= 0.3 is 0 Å². The third-order valence-electron chi connectivity index (χ3n) is 5.49. The van der Waals surface area contributed by atoms with Gasteiger partial charge < -0.3 is 5.11 Å². The van der Waals surface area contributed by atoms with Gasteiger partial charge in [-0.2, -0.15) is 8.42 Å². The van der Waals surface area contributed by atoms with E-state index in [1.165, 1.54) is 12.8 Å². The van der Waals surface area contributed by atoms with E-state index in [0.717, 1.165) is 57.6 Å². The Labute approximate surface area is 129 Å². The third-order valence-corrected chi connectivity index (χ3v) is 6.13. The first-order valence-corrected chi connectivity index (χ1v) is 10.3. The van der Waals surface area contributed by atoms with Crippen LogP contribution in [0.2, 0.25) is 0 Å². The van der Waals surface area contributed by atoms with Gasteiger partial charge in [-0.15, -0.1) is 0 Å². The second-order valence-electron chi connectivity index (χ2n) is 7.00. The molecule has 0 heterocycles. The minimum atomic E-state index is -3.54. The maximum absolute atomic E-state index is 11.5.